The SMILES string of the molecule is CS(=O)Cc1cc(F)ccc1CN. The Morgan fingerprint density at radius 1 is 1.46 bits per heavy atom. The van der Waals surface area contributed by atoms with Gasteiger partial charge in [0.25, 0.3) is 0 Å². The molecule has 1 unspecified atom stereocenters. The number of hydrogen-bond acceptors (Lipinski definition) is 2. The Morgan fingerprint density at radius 3 is 2.69 bits per heavy atom. The summed E-state index contributed by atoms with van der Waals surface area (Å²) in [5.74, 6) is 0.0576. The van der Waals surface area contributed by atoms with E-state index in [1.54, 1.807) is 12.3 Å². The summed E-state index contributed by atoms with van der Waals surface area (Å²) in [4.78, 5) is 0. The summed E-state index contributed by atoms with van der Waals surface area (Å²) in [5.41, 5.74) is 7.05. The zero-order chi connectivity index (χ0) is 9.84. The standard InChI is InChI=1S/C9H12FNOS/c1-13(12)6-8-4-9(10)3-2-7(8)5-11/h2-4H,5-6,11H2,1H3. The summed E-state index contributed by atoms with van der Waals surface area (Å²) >= 11 is 0. The summed E-state index contributed by atoms with van der Waals surface area (Å²) in [5, 5.41) is 0. The van der Waals surface area contributed by atoms with Crippen LogP contribution in [0.4, 0.5) is 4.39 Å². The Morgan fingerprint density at radius 2 is 2.15 bits per heavy atom. The van der Waals surface area contributed by atoms with Crippen LogP contribution in [0.3, 0.4) is 0 Å². The van der Waals surface area contributed by atoms with Crippen molar-refractivity contribution in [3.8, 4) is 0 Å². The van der Waals surface area contributed by atoms with Crippen LogP contribution in [0.2, 0.25) is 0 Å². The van der Waals surface area contributed by atoms with Crippen LogP contribution in [0, 0.1) is 5.82 Å². The molecule has 2 nitrogen and oxygen atoms in total. The van der Waals surface area contributed by atoms with Gasteiger partial charge in [0.2, 0.25) is 0 Å². The van der Waals surface area contributed by atoms with Gasteiger partial charge >= 0.3 is 0 Å². The molecule has 0 saturated heterocycles. The van der Waals surface area contributed by atoms with Crippen molar-refractivity contribution >= 4 is 10.8 Å². The third-order valence-corrected chi connectivity index (χ3v) is 2.46. The minimum atomic E-state index is -0.959. The largest absolute Gasteiger partial charge is 0.326 e. The topological polar surface area (TPSA) is 43.1 Å². The molecule has 4 heteroatoms. The maximum Gasteiger partial charge on any atom is 0.123 e. The van der Waals surface area contributed by atoms with E-state index in [0.29, 0.717) is 12.3 Å². The molecule has 1 aromatic carbocycles. The van der Waals surface area contributed by atoms with E-state index in [2.05, 4.69) is 0 Å². The summed E-state index contributed by atoms with van der Waals surface area (Å²) < 4.78 is 23.7. The first-order valence-electron chi connectivity index (χ1n) is 3.91. The van der Waals surface area contributed by atoms with E-state index in [4.69, 9.17) is 5.73 Å². The van der Waals surface area contributed by atoms with Gasteiger partial charge in [-0.15, -0.1) is 0 Å². The van der Waals surface area contributed by atoms with Crippen LogP contribution >= 0.6 is 0 Å². The summed E-state index contributed by atoms with van der Waals surface area (Å²) in [6.07, 6.45) is 1.59. The fraction of sp³-hybridized carbons (Fsp3) is 0.333. The lowest BCUT2D eigenvalue weighted by Crippen LogP contribution is -2.04. The third kappa shape index (κ3) is 2.90. The molecule has 72 valence electrons. The van der Waals surface area contributed by atoms with Crippen LogP contribution in [0.25, 0.3) is 0 Å². The average molecular weight is 201 g/mol. The van der Waals surface area contributed by atoms with Crippen molar-refractivity contribution in [2.45, 2.75) is 12.3 Å². The third-order valence-electron chi connectivity index (χ3n) is 1.75. The first-order valence-corrected chi connectivity index (χ1v) is 5.63. The fourth-order valence-corrected chi connectivity index (χ4v) is 1.85. The average Bonchev–Trinajstić information content (AvgIpc) is 2.03. The maximum atomic E-state index is 12.8. The smallest absolute Gasteiger partial charge is 0.123 e. The normalized spacial score (nSPS) is 12.8. The van der Waals surface area contributed by atoms with E-state index < -0.39 is 10.8 Å². The first-order chi connectivity index (χ1) is 6.13. The van der Waals surface area contributed by atoms with Gasteiger partial charge < -0.3 is 5.73 Å². The molecule has 0 aliphatic rings. The zero-order valence-corrected chi connectivity index (χ0v) is 8.23. The number of rotatable bonds is 3. The highest BCUT2D eigenvalue weighted by Crippen LogP contribution is 2.12. The molecule has 0 aromatic heterocycles. The van der Waals surface area contributed by atoms with E-state index in [-0.39, 0.29) is 5.82 Å². The molecular formula is C9H12FNOS. The van der Waals surface area contributed by atoms with Gasteiger partial charge in [-0.2, -0.15) is 0 Å². The minimum absolute atomic E-state index is 0.308. The molecule has 13 heavy (non-hydrogen) atoms. The number of benzene rings is 1. The summed E-state index contributed by atoms with van der Waals surface area (Å²) in [7, 11) is -0.959. The lowest BCUT2D eigenvalue weighted by atomic mass is 10.1. The molecule has 0 amide bonds. The van der Waals surface area contributed by atoms with Crippen molar-refractivity contribution in [1.82, 2.24) is 0 Å². The van der Waals surface area contributed by atoms with Crippen LogP contribution in [0.1, 0.15) is 11.1 Å². The molecule has 0 aliphatic carbocycles. The minimum Gasteiger partial charge on any atom is -0.326 e. The van der Waals surface area contributed by atoms with Crippen LogP contribution in [0.5, 0.6) is 0 Å². The van der Waals surface area contributed by atoms with Crippen molar-refractivity contribution < 1.29 is 8.60 Å². The molecule has 1 atom stereocenters. The van der Waals surface area contributed by atoms with Crippen molar-refractivity contribution in [2.75, 3.05) is 6.26 Å². The Hall–Kier alpha value is -0.740. The Bertz CT molecular complexity index is 327. The van der Waals surface area contributed by atoms with Gasteiger partial charge in [-0.25, -0.2) is 4.39 Å². The molecule has 2 N–H and O–H groups in total. The molecule has 1 rings (SSSR count). The van der Waals surface area contributed by atoms with E-state index in [1.807, 2.05) is 0 Å². The zero-order valence-electron chi connectivity index (χ0n) is 7.42. The second-order valence-corrected chi connectivity index (χ2v) is 4.27. The highest BCUT2D eigenvalue weighted by Gasteiger charge is 2.04. The second kappa shape index (κ2) is 4.48. The Labute approximate surface area is 79.4 Å². The van der Waals surface area contributed by atoms with Gasteiger partial charge in [0.15, 0.2) is 0 Å². The predicted octanol–water partition coefficient (Wildman–Crippen LogP) is 1.16. The van der Waals surface area contributed by atoms with Gasteiger partial charge in [-0.3, -0.25) is 4.21 Å². The maximum absolute atomic E-state index is 12.8. The lowest BCUT2D eigenvalue weighted by molar-refractivity contribution is 0.625. The van der Waals surface area contributed by atoms with E-state index in [9.17, 15) is 8.60 Å². The van der Waals surface area contributed by atoms with Gasteiger partial charge in [0.05, 0.1) is 0 Å². The fourth-order valence-electron chi connectivity index (χ4n) is 1.15. The number of halogens is 1. The molecule has 0 saturated carbocycles. The molecule has 1 aromatic rings. The molecule has 0 bridgehead atoms. The van der Waals surface area contributed by atoms with Gasteiger partial charge in [-0.1, -0.05) is 6.07 Å². The van der Waals surface area contributed by atoms with Gasteiger partial charge in [-0.05, 0) is 23.3 Å². The van der Waals surface area contributed by atoms with E-state index in [0.717, 1.165) is 11.1 Å². The van der Waals surface area contributed by atoms with Gasteiger partial charge in [0.1, 0.15) is 5.82 Å². The van der Waals surface area contributed by atoms with Crippen molar-refractivity contribution in [3.05, 3.63) is 35.1 Å². The Kier molecular flexibility index (Phi) is 3.57. The predicted molar refractivity (Wildman–Crippen MR) is 52.1 cm³/mol. The molecule has 0 radical (unpaired) electrons. The van der Waals surface area contributed by atoms with Crippen LogP contribution in [-0.2, 0) is 23.1 Å². The molecular weight excluding hydrogens is 189 g/mol. The van der Waals surface area contributed by atoms with Crippen molar-refractivity contribution in [3.63, 3.8) is 0 Å². The highest BCUT2D eigenvalue weighted by molar-refractivity contribution is 7.83. The second-order valence-electron chi connectivity index (χ2n) is 2.83. The van der Waals surface area contributed by atoms with E-state index >= 15 is 0 Å². The van der Waals surface area contributed by atoms with Crippen LogP contribution in [-0.4, -0.2) is 10.5 Å². The van der Waals surface area contributed by atoms with Crippen molar-refractivity contribution in [2.24, 2.45) is 5.73 Å². The quantitative estimate of drug-likeness (QED) is 0.797. The van der Waals surface area contributed by atoms with Gasteiger partial charge in [0, 0.05) is 29.4 Å². The molecule has 0 heterocycles. The molecule has 0 aliphatic heterocycles. The Balaban J connectivity index is 3.01. The van der Waals surface area contributed by atoms with Crippen LogP contribution in [0.15, 0.2) is 18.2 Å². The van der Waals surface area contributed by atoms with E-state index in [1.165, 1.54) is 12.1 Å². The lowest BCUT2D eigenvalue weighted by Gasteiger charge is -2.05. The molecule has 0 fully saturated rings. The monoisotopic (exact) mass is 201 g/mol. The summed E-state index contributed by atoms with van der Waals surface area (Å²) in [6.45, 7) is 0.354. The number of hydrogen-bond donors (Lipinski definition) is 1. The summed E-state index contributed by atoms with van der Waals surface area (Å²) in [6, 6.07) is 4.39. The number of nitrogens with two attached hydrogens (primary N) is 1. The highest BCUT2D eigenvalue weighted by atomic mass is 32.2. The first kappa shape index (κ1) is 10.3. The van der Waals surface area contributed by atoms with Crippen LogP contribution < -0.4 is 5.73 Å². The molecule has 0 spiro atoms. The van der Waals surface area contributed by atoms with Crippen molar-refractivity contribution in [1.29, 1.82) is 0 Å².